The molecule has 0 saturated heterocycles. The van der Waals surface area contributed by atoms with Crippen LogP contribution in [0.25, 0.3) is 6.08 Å². The van der Waals surface area contributed by atoms with Crippen LogP contribution in [0.5, 0.6) is 11.5 Å². The Morgan fingerprint density at radius 3 is 2.35 bits per heavy atom. The number of ether oxygens (including phenoxy) is 2. The van der Waals surface area contributed by atoms with Gasteiger partial charge in [-0.3, -0.25) is 4.79 Å². The van der Waals surface area contributed by atoms with Gasteiger partial charge in [-0.15, -0.1) is 0 Å². The summed E-state index contributed by atoms with van der Waals surface area (Å²) in [5.74, 6) is 0.565. The van der Waals surface area contributed by atoms with Crippen molar-refractivity contribution in [3.63, 3.8) is 0 Å². The van der Waals surface area contributed by atoms with Gasteiger partial charge >= 0.3 is 0 Å². The molecule has 0 bridgehead atoms. The summed E-state index contributed by atoms with van der Waals surface area (Å²) in [5.41, 5.74) is 3.48. The monoisotopic (exact) mass is 494 g/mol. The third-order valence-corrected chi connectivity index (χ3v) is 5.29. The second-order valence-electron chi connectivity index (χ2n) is 7.66. The second-order valence-corrected chi connectivity index (χ2v) is 8.51. The van der Waals surface area contributed by atoms with Crippen LogP contribution in [-0.2, 0) is 11.3 Å². The van der Waals surface area contributed by atoms with Crippen LogP contribution in [0.1, 0.15) is 22.3 Å². The van der Waals surface area contributed by atoms with Gasteiger partial charge in [-0.2, -0.15) is 5.26 Å². The number of nitrogens with zero attached hydrogens (tertiary/aromatic N) is 1. The quantitative estimate of drug-likeness (QED) is 0.215. The molecule has 5 nitrogen and oxygen atoms in total. The summed E-state index contributed by atoms with van der Waals surface area (Å²) in [7, 11) is 0. The third-order valence-electron chi connectivity index (χ3n) is 4.79. The maximum Gasteiger partial charge on any atom is 0.262 e. The van der Waals surface area contributed by atoms with Crippen LogP contribution in [0, 0.1) is 25.2 Å². The van der Waals surface area contributed by atoms with Crippen LogP contribution in [0.2, 0.25) is 10.0 Å². The molecule has 0 aliphatic rings. The molecule has 1 N–H and O–H groups in total. The van der Waals surface area contributed by atoms with Gasteiger partial charge < -0.3 is 14.8 Å². The molecule has 0 aromatic heterocycles. The number of nitrogens with one attached hydrogen (secondary N) is 1. The molecule has 0 atom stereocenters. The van der Waals surface area contributed by atoms with Crippen molar-refractivity contribution in [1.29, 1.82) is 5.26 Å². The van der Waals surface area contributed by atoms with Crippen LogP contribution in [0.4, 0.5) is 0 Å². The molecule has 34 heavy (non-hydrogen) atoms. The largest absolute Gasteiger partial charge is 0.490 e. The van der Waals surface area contributed by atoms with E-state index >= 15 is 0 Å². The zero-order valence-corrected chi connectivity index (χ0v) is 20.4. The van der Waals surface area contributed by atoms with Crippen LogP contribution in [0.15, 0.2) is 66.2 Å². The molecule has 0 unspecified atom stereocenters. The average molecular weight is 495 g/mol. The van der Waals surface area contributed by atoms with E-state index in [1.165, 1.54) is 6.08 Å². The van der Waals surface area contributed by atoms with Crippen LogP contribution < -0.4 is 14.8 Å². The predicted molar refractivity (Wildman–Crippen MR) is 135 cm³/mol. The normalized spacial score (nSPS) is 11.0. The molecule has 1 amide bonds. The number of rotatable bonds is 9. The van der Waals surface area contributed by atoms with E-state index in [1.54, 1.807) is 12.1 Å². The molecule has 0 saturated carbocycles. The van der Waals surface area contributed by atoms with Crippen LogP contribution in [-0.4, -0.2) is 19.1 Å². The average Bonchev–Trinajstić information content (AvgIpc) is 2.79. The van der Waals surface area contributed by atoms with Gasteiger partial charge in [0, 0.05) is 17.1 Å². The third kappa shape index (κ3) is 7.28. The lowest BCUT2D eigenvalue weighted by molar-refractivity contribution is -0.117. The van der Waals surface area contributed by atoms with Crippen molar-refractivity contribution in [2.45, 2.75) is 20.4 Å². The number of benzene rings is 3. The van der Waals surface area contributed by atoms with E-state index in [2.05, 4.69) is 11.4 Å². The number of nitriles is 1. The van der Waals surface area contributed by atoms with Gasteiger partial charge in [0.15, 0.2) is 0 Å². The number of hydrogen-bond acceptors (Lipinski definition) is 4. The van der Waals surface area contributed by atoms with Crippen molar-refractivity contribution in [3.8, 4) is 17.6 Å². The fourth-order valence-corrected chi connectivity index (χ4v) is 3.90. The number of carbonyl (C=O) groups excluding carboxylic acids is 1. The first-order valence-corrected chi connectivity index (χ1v) is 11.4. The van der Waals surface area contributed by atoms with E-state index in [-0.39, 0.29) is 23.8 Å². The molecule has 174 valence electrons. The maximum atomic E-state index is 12.6. The Morgan fingerprint density at radius 1 is 1.00 bits per heavy atom. The first-order chi connectivity index (χ1) is 16.4. The molecule has 3 aromatic carbocycles. The first kappa shape index (κ1) is 25.2. The fourth-order valence-electron chi connectivity index (χ4n) is 3.34. The number of hydrogen-bond donors (Lipinski definition) is 1. The van der Waals surface area contributed by atoms with Crippen molar-refractivity contribution in [2.24, 2.45) is 0 Å². The van der Waals surface area contributed by atoms with Crippen LogP contribution >= 0.6 is 23.2 Å². The summed E-state index contributed by atoms with van der Waals surface area (Å²) in [4.78, 5) is 12.6. The maximum absolute atomic E-state index is 12.6. The van der Waals surface area contributed by atoms with Gasteiger partial charge in [-0.05, 0) is 60.9 Å². The van der Waals surface area contributed by atoms with E-state index in [4.69, 9.17) is 32.7 Å². The summed E-state index contributed by atoms with van der Waals surface area (Å²) >= 11 is 12.5. The minimum Gasteiger partial charge on any atom is -0.490 e. The smallest absolute Gasteiger partial charge is 0.262 e. The topological polar surface area (TPSA) is 71.3 Å². The van der Waals surface area contributed by atoms with Crippen molar-refractivity contribution in [2.75, 3.05) is 13.2 Å². The Kier molecular flexibility index (Phi) is 8.98. The van der Waals surface area contributed by atoms with Gasteiger partial charge in [0.25, 0.3) is 5.91 Å². The molecule has 0 spiro atoms. The van der Waals surface area contributed by atoms with Gasteiger partial charge in [-0.25, -0.2) is 0 Å². The van der Waals surface area contributed by atoms with E-state index < -0.39 is 5.91 Å². The number of aryl methyl sites for hydroxylation is 2. The number of carbonyl (C=O) groups is 1. The minimum atomic E-state index is -0.508. The highest BCUT2D eigenvalue weighted by Gasteiger charge is 2.14. The highest BCUT2D eigenvalue weighted by Crippen LogP contribution is 2.34. The summed E-state index contributed by atoms with van der Waals surface area (Å²) in [6.07, 6.45) is 1.41. The van der Waals surface area contributed by atoms with E-state index in [9.17, 15) is 10.1 Å². The molecule has 0 radical (unpaired) electrons. The molecule has 7 heteroatoms. The van der Waals surface area contributed by atoms with Crippen molar-refractivity contribution >= 4 is 35.2 Å². The Balaban J connectivity index is 1.70. The summed E-state index contributed by atoms with van der Waals surface area (Å²) in [6, 6.07) is 20.5. The highest BCUT2D eigenvalue weighted by atomic mass is 35.5. The molecular formula is C27H24Cl2N2O3. The van der Waals surface area contributed by atoms with E-state index in [0.717, 1.165) is 22.4 Å². The summed E-state index contributed by atoms with van der Waals surface area (Å²) in [5, 5.41) is 12.9. The lowest BCUT2D eigenvalue weighted by Gasteiger charge is -2.13. The first-order valence-electron chi connectivity index (χ1n) is 10.6. The lowest BCUT2D eigenvalue weighted by Crippen LogP contribution is -2.23. The van der Waals surface area contributed by atoms with Gasteiger partial charge in [0.2, 0.25) is 0 Å². The van der Waals surface area contributed by atoms with Crippen molar-refractivity contribution in [1.82, 2.24) is 5.32 Å². The van der Waals surface area contributed by atoms with Gasteiger partial charge in [0.1, 0.15) is 36.4 Å². The molecule has 0 heterocycles. The second kappa shape index (κ2) is 12.1. The zero-order chi connectivity index (χ0) is 24.5. The van der Waals surface area contributed by atoms with Crippen molar-refractivity contribution < 1.29 is 14.3 Å². The lowest BCUT2D eigenvalue weighted by atomic mass is 10.1. The summed E-state index contributed by atoms with van der Waals surface area (Å²) in [6.45, 7) is 4.80. The summed E-state index contributed by atoms with van der Waals surface area (Å²) < 4.78 is 11.6. The Hall–Kier alpha value is -3.46. The SMILES string of the molecule is Cc1cc(C)cc(OCCOc2c(Cl)cc(Cl)cc2/C=C(\C#N)C(=O)NCc2ccccc2)c1. The van der Waals surface area contributed by atoms with E-state index in [0.29, 0.717) is 22.9 Å². The molecule has 3 aromatic rings. The zero-order valence-electron chi connectivity index (χ0n) is 18.9. The predicted octanol–water partition coefficient (Wildman–Crippen LogP) is 6.29. The molecule has 0 fully saturated rings. The Morgan fingerprint density at radius 2 is 1.68 bits per heavy atom. The molecule has 0 aliphatic carbocycles. The van der Waals surface area contributed by atoms with Crippen LogP contribution in [0.3, 0.4) is 0 Å². The van der Waals surface area contributed by atoms with Gasteiger partial charge in [-0.1, -0.05) is 59.6 Å². The standard InChI is InChI=1S/C27H24Cl2N2O3/c1-18-10-19(2)12-24(11-18)33-8-9-34-26-21(14-23(28)15-25(26)29)13-22(16-30)27(32)31-17-20-6-4-3-5-7-20/h3-7,10-15H,8-9,17H2,1-2H3,(H,31,32)/b22-13+. The molecule has 3 rings (SSSR count). The minimum absolute atomic E-state index is 0.0920. The molecular weight excluding hydrogens is 471 g/mol. The Bertz CT molecular complexity index is 1210. The van der Waals surface area contributed by atoms with Gasteiger partial charge in [0.05, 0.1) is 5.02 Å². The van der Waals surface area contributed by atoms with E-state index in [1.807, 2.05) is 62.4 Å². The number of halogens is 2. The number of amides is 1. The Labute approximate surface area is 209 Å². The molecule has 0 aliphatic heterocycles. The fraction of sp³-hybridized carbons (Fsp3) is 0.185. The highest BCUT2D eigenvalue weighted by molar-refractivity contribution is 6.36. The van der Waals surface area contributed by atoms with Crippen molar-refractivity contribution in [3.05, 3.63) is 98.5 Å².